The monoisotopic (exact) mass is 310 g/mol. The standard InChI is InChI=1S/C18H18N2O3/c1-22-14-6-4-5-13(11-14)9-10-19-18(21)12-16-15-7-2-3-8-17(15)23-20-16/h2-8,11H,9-10,12H2,1H3,(H,19,21). The van der Waals surface area contributed by atoms with Crippen molar-refractivity contribution >= 4 is 16.9 Å². The molecule has 0 aliphatic carbocycles. The molecule has 0 spiro atoms. The highest BCUT2D eigenvalue weighted by Gasteiger charge is 2.11. The second-order valence-electron chi connectivity index (χ2n) is 5.25. The maximum atomic E-state index is 12.0. The van der Waals surface area contributed by atoms with Gasteiger partial charge in [0.1, 0.15) is 11.4 Å². The maximum Gasteiger partial charge on any atom is 0.226 e. The Kier molecular flexibility index (Phi) is 4.57. The lowest BCUT2D eigenvalue weighted by molar-refractivity contribution is -0.120. The zero-order chi connectivity index (χ0) is 16.1. The number of amides is 1. The molecule has 3 rings (SSSR count). The van der Waals surface area contributed by atoms with Crippen LogP contribution in [0.2, 0.25) is 0 Å². The minimum absolute atomic E-state index is 0.0630. The van der Waals surface area contributed by atoms with Crippen LogP contribution in [-0.4, -0.2) is 24.7 Å². The van der Waals surface area contributed by atoms with Gasteiger partial charge in [-0.2, -0.15) is 0 Å². The zero-order valence-corrected chi connectivity index (χ0v) is 12.9. The molecular formula is C18H18N2O3. The number of hydrogen-bond donors (Lipinski definition) is 1. The second-order valence-corrected chi connectivity index (χ2v) is 5.25. The van der Waals surface area contributed by atoms with E-state index in [0.717, 1.165) is 23.1 Å². The fraction of sp³-hybridized carbons (Fsp3) is 0.222. The summed E-state index contributed by atoms with van der Waals surface area (Å²) in [5, 5.41) is 7.77. The van der Waals surface area contributed by atoms with Gasteiger partial charge in [-0.1, -0.05) is 29.4 Å². The van der Waals surface area contributed by atoms with Gasteiger partial charge in [-0.05, 0) is 36.2 Å². The quantitative estimate of drug-likeness (QED) is 0.760. The van der Waals surface area contributed by atoms with Crippen LogP contribution in [-0.2, 0) is 17.6 Å². The Morgan fingerprint density at radius 1 is 1.22 bits per heavy atom. The first-order valence-corrected chi connectivity index (χ1v) is 7.49. The van der Waals surface area contributed by atoms with Crippen molar-refractivity contribution in [1.29, 1.82) is 0 Å². The number of ether oxygens (including phenoxy) is 1. The molecular weight excluding hydrogens is 292 g/mol. The Labute approximate surface area is 134 Å². The number of rotatable bonds is 6. The molecule has 0 aliphatic rings. The van der Waals surface area contributed by atoms with Crippen LogP contribution in [0.4, 0.5) is 0 Å². The van der Waals surface area contributed by atoms with E-state index in [9.17, 15) is 4.79 Å². The third-order valence-electron chi connectivity index (χ3n) is 3.65. The van der Waals surface area contributed by atoms with Crippen LogP contribution in [0, 0.1) is 0 Å². The molecule has 0 saturated carbocycles. The average Bonchev–Trinajstić information content (AvgIpc) is 2.98. The average molecular weight is 310 g/mol. The molecule has 1 heterocycles. The van der Waals surface area contributed by atoms with E-state index in [-0.39, 0.29) is 12.3 Å². The summed E-state index contributed by atoms with van der Waals surface area (Å²) in [6.07, 6.45) is 0.970. The van der Waals surface area contributed by atoms with Gasteiger partial charge in [-0.25, -0.2) is 0 Å². The fourth-order valence-electron chi connectivity index (χ4n) is 2.45. The summed E-state index contributed by atoms with van der Waals surface area (Å²) in [5.74, 6) is 0.759. The molecule has 2 aromatic carbocycles. The summed E-state index contributed by atoms with van der Waals surface area (Å²) < 4.78 is 10.4. The van der Waals surface area contributed by atoms with E-state index < -0.39 is 0 Å². The SMILES string of the molecule is COc1cccc(CCNC(=O)Cc2noc3ccccc23)c1. The molecule has 1 amide bonds. The molecule has 3 aromatic rings. The van der Waals surface area contributed by atoms with Crippen LogP contribution < -0.4 is 10.1 Å². The number of nitrogens with zero attached hydrogens (tertiary/aromatic N) is 1. The first kappa shape index (κ1) is 15.1. The van der Waals surface area contributed by atoms with Gasteiger partial charge in [0, 0.05) is 11.9 Å². The number of hydrogen-bond acceptors (Lipinski definition) is 4. The van der Waals surface area contributed by atoms with E-state index in [1.807, 2.05) is 48.5 Å². The predicted molar refractivity (Wildman–Crippen MR) is 87.4 cm³/mol. The summed E-state index contributed by atoms with van der Waals surface area (Å²) >= 11 is 0. The molecule has 1 N–H and O–H groups in total. The first-order valence-electron chi connectivity index (χ1n) is 7.49. The Hall–Kier alpha value is -2.82. The van der Waals surface area contributed by atoms with Gasteiger partial charge in [-0.15, -0.1) is 0 Å². The molecule has 0 radical (unpaired) electrons. The van der Waals surface area contributed by atoms with Crippen LogP contribution in [0.25, 0.3) is 11.0 Å². The smallest absolute Gasteiger partial charge is 0.226 e. The predicted octanol–water partition coefficient (Wildman–Crippen LogP) is 2.74. The number of carbonyl (C=O) groups is 1. The molecule has 1 aromatic heterocycles. The van der Waals surface area contributed by atoms with Gasteiger partial charge in [0.05, 0.1) is 13.5 Å². The lowest BCUT2D eigenvalue weighted by atomic mass is 10.1. The van der Waals surface area contributed by atoms with Crippen molar-refractivity contribution in [3.8, 4) is 5.75 Å². The number of aromatic nitrogens is 1. The second kappa shape index (κ2) is 6.96. The Balaban J connectivity index is 1.53. The molecule has 0 aliphatic heterocycles. The number of methoxy groups -OCH3 is 1. The van der Waals surface area contributed by atoms with Crippen molar-refractivity contribution in [2.24, 2.45) is 0 Å². The number of para-hydroxylation sites is 1. The van der Waals surface area contributed by atoms with E-state index in [1.165, 1.54) is 0 Å². The van der Waals surface area contributed by atoms with Gasteiger partial charge in [-0.3, -0.25) is 4.79 Å². The summed E-state index contributed by atoms with van der Waals surface area (Å²) in [6.45, 7) is 0.571. The van der Waals surface area contributed by atoms with Gasteiger partial charge >= 0.3 is 0 Å². The molecule has 0 bridgehead atoms. The fourth-order valence-corrected chi connectivity index (χ4v) is 2.45. The molecule has 5 heteroatoms. The minimum Gasteiger partial charge on any atom is -0.497 e. The highest BCUT2D eigenvalue weighted by atomic mass is 16.5. The van der Waals surface area contributed by atoms with Gasteiger partial charge in [0.15, 0.2) is 5.58 Å². The van der Waals surface area contributed by atoms with Gasteiger partial charge < -0.3 is 14.6 Å². The van der Waals surface area contributed by atoms with Crippen molar-refractivity contribution < 1.29 is 14.1 Å². The van der Waals surface area contributed by atoms with E-state index >= 15 is 0 Å². The lowest BCUT2D eigenvalue weighted by Crippen LogP contribution is -2.27. The molecule has 0 saturated heterocycles. The normalized spacial score (nSPS) is 10.7. The number of benzene rings is 2. The van der Waals surface area contributed by atoms with Crippen molar-refractivity contribution in [3.63, 3.8) is 0 Å². The number of fused-ring (bicyclic) bond motifs is 1. The molecule has 0 unspecified atom stereocenters. The summed E-state index contributed by atoms with van der Waals surface area (Å²) in [7, 11) is 1.64. The van der Waals surface area contributed by atoms with E-state index in [1.54, 1.807) is 7.11 Å². The molecule has 0 fully saturated rings. The van der Waals surface area contributed by atoms with Crippen LogP contribution in [0.1, 0.15) is 11.3 Å². The van der Waals surface area contributed by atoms with Gasteiger partial charge in [0.2, 0.25) is 5.91 Å². The van der Waals surface area contributed by atoms with Crippen molar-refractivity contribution in [2.75, 3.05) is 13.7 Å². The van der Waals surface area contributed by atoms with E-state index in [4.69, 9.17) is 9.26 Å². The van der Waals surface area contributed by atoms with Crippen LogP contribution in [0.15, 0.2) is 53.1 Å². The minimum atomic E-state index is -0.0630. The van der Waals surface area contributed by atoms with Crippen molar-refractivity contribution in [3.05, 3.63) is 59.8 Å². The summed E-state index contributed by atoms with van der Waals surface area (Å²) in [5.41, 5.74) is 2.49. The van der Waals surface area contributed by atoms with Crippen LogP contribution >= 0.6 is 0 Å². The summed E-state index contributed by atoms with van der Waals surface area (Å²) in [6, 6.07) is 15.4. The highest BCUT2D eigenvalue weighted by molar-refractivity contribution is 5.86. The topological polar surface area (TPSA) is 64.4 Å². The van der Waals surface area contributed by atoms with Crippen LogP contribution in [0.3, 0.4) is 0 Å². The molecule has 118 valence electrons. The Bertz CT molecular complexity index is 811. The zero-order valence-electron chi connectivity index (χ0n) is 12.9. The number of carbonyl (C=O) groups excluding carboxylic acids is 1. The van der Waals surface area contributed by atoms with E-state index in [2.05, 4.69) is 10.5 Å². The molecule has 23 heavy (non-hydrogen) atoms. The van der Waals surface area contributed by atoms with E-state index in [0.29, 0.717) is 17.8 Å². The highest BCUT2D eigenvalue weighted by Crippen LogP contribution is 2.18. The summed E-state index contributed by atoms with van der Waals surface area (Å²) in [4.78, 5) is 12.0. The Morgan fingerprint density at radius 2 is 2.09 bits per heavy atom. The molecule has 5 nitrogen and oxygen atoms in total. The third-order valence-corrected chi connectivity index (χ3v) is 3.65. The third kappa shape index (κ3) is 3.69. The van der Waals surface area contributed by atoms with Crippen molar-refractivity contribution in [2.45, 2.75) is 12.8 Å². The first-order chi connectivity index (χ1) is 11.3. The van der Waals surface area contributed by atoms with Crippen molar-refractivity contribution in [1.82, 2.24) is 10.5 Å². The van der Waals surface area contributed by atoms with Crippen LogP contribution in [0.5, 0.6) is 5.75 Å². The Morgan fingerprint density at radius 3 is 2.96 bits per heavy atom. The molecule has 0 atom stereocenters. The number of nitrogens with one attached hydrogen (secondary N) is 1. The van der Waals surface area contributed by atoms with Gasteiger partial charge in [0.25, 0.3) is 0 Å². The lowest BCUT2D eigenvalue weighted by Gasteiger charge is -2.06. The largest absolute Gasteiger partial charge is 0.497 e. The maximum absolute atomic E-state index is 12.0.